The Balaban J connectivity index is 2.40. The molecule has 0 saturated heterocycles. The molecule has 3 rings (SSSR count). The molecule has 0 amide bonds. The van der Waals surface area contributed by atoms with Crippen LogP contribution in [-0.4, -0.2) is 17.9 Å². The molecule has 3 heteroatoms. The van der Waals surface area contributed by atoms with Gasteiger partial charge in [-0.05, 0) is 0 Å². The maximum absolute atomic E-state index is 9.85. The first-order valence-corrected chi connectivity index (χ1v) is 13.0. The molecule has 1 nitrogen and oxygen atoms in total. The third-order valence-electron chi connectivity index (χ3n) is 4.85. The minimum atomic E-state index is -2.87. The van der Waals surface area contributed by atoms with Crippen molar-refractivity contribution in [1.82, 2.24) is 0 Å². The van der Waals surface area contributed by atoms with Gasteiger partial charge in [-0.1, -0.05) is 0 Å². The van der Waals surface area contributed by atoms with Gasteiger partial charge in [-0.15, -0.1) is 0 Å². The van der Waals surface area contributed by atoms with E-state index in [1.54, 1.807) is 0 Å². The molecule has 0 aliphatic carbocycles. The van der Waals surface area contributed by atoms with E-state index in [2.05, 4.69) is 113 Å². The second kappa shape index (κ2) is 7.41. The van der Waals surface area contributed by atoms with Crippen molar-refractivity contribution in [3.05, 3.63) is 91.0 Å². The monoisotopic (exact) mass is 414 g/mol. The fourth-order valence-electron chi connectivity index (χ4n) is 3.62. The molecule has 0 heterocycles. The summed E-state index contributed by atoms with van der Waals surface area (Å²) in [5.74, 6) is 0.178. The van der Waals surface area contributed by atoms with Crippen molar-refractivity contribution >= 4 is 36.7 Å². The molecule has 0 aliphatic heterocycles. The van der Waals surface area contributed by atoms with Crippen LogP contribution in [0.25, 0.3) is 0 Å². The summed E-state index contributed by atoms with van der Waals surface area (Å²) in [6.45, 7) is 2.30. The SMILES string of the molecule is C[C@H](CO)CP(Br)(c1ccccc1)(c1ccccc1)c1ccccc1. The van der Waals surface area contributed by atoms with E-state index in [4.69, 9.17) is 0 Å². The molecule has 0 aromatic heterocycles. The van der Waals surface area contributed by atoms with Crippen molar-refractivity contribution in [3.8, 4) is 0 Å². The van der Waals surface area contributed by atoms with Crippen molar-refractivity contribution in [2.75, 3.05) is 12.8 Å². The van der Waals surface area contributed by atoms with E-state index in [9.17, 15) is 5.11 Å². The number of aliphatic hydroxyl groups is 1. The first-order chi connectivity index (χ1) is 12.1. The summed E-state index contributed by atoms with van der Waals surface area (Å²) >= 11 is 4.38. The molecule has 0 radical (unpaired) electrons. The molecule has 3 aromatic carbocycles. The van der Waals surface area contributed by atoms with E-state index in [1.807, 2.05) is 0 Å². The number of rotatable bonds is 6. The van der Waals surface area contributed by atoms with E-state index < -0.39 is 5.31 Å². The molecule has 1 N–H and O–H groups in total. The summed E-state index contributed by atoms with van der Waals surface area (Å²) in [5.41, 5.74) is 0. The van der Waals surface area contributed by atoms with E-state index in [0.29, 0.717) is 0 Å². The van der Waals surface area contributed by atoms with E-state index in [-0.39, 0.29) is 12.5 Å². The molecule has 0 fully saturated rings. The normalized spacial score (nSPS) is 14.4. The van der Waals surface area contributed by atoms with Gasteiger partial charge in [-0.2, -0.15) is 0 Å². The van der Waals surface area contributed by atoms with Crippen LogP contribution in [0.15, 0.2) is 91.0 Å². The molecule has 130 valence electrons. The molecule has 0 saturated carbocycles. The van der Waals surface area contributed by atoms with Gasteiger partial charge in [0.05, 0.1) is 0 Å². The van der Waals surface area contributed by atoms with Crippen LogP contribution in [0.5, 0.6) is 0 Å². The zero-order valence-electron chi connectivity index (χ0n) is 14.4. The topological polar surface area (TPSA) is 20.2 Å². The average Bonchev–Trinajstić information content (AvgIpc) is 2.70. The second-order valence-electron chi connectivity index (χ2n) is 6.66. The third kappa shape index (κ3) is 3.19. The molecule has 1 atom stereocenters. The Hall–Kier alpha value is -1.47. The quantitative estimate of drug-likeness (QED) is 0.590. The Morgan fingerprint density at radius 1 is 0.720 bits per heavy atom. The zero-order valence-corrected chi connectivity index (χ0v) is 16.9. The van der Waals surface area contributed by atoms with Crippen molar-refractivity contribution in [2.24, 2.45) is 5.92 Å². The van der Waals surface area contributed by atoms with E-state index in [0.717, 1.165) is 6.16 Å². The van der Waals surface area contributed by atoms with Crippen LogP contribution < -0.4 is 15.9 Å². The van der Waals surface area contributed by atoms with Crippen LogP contribution in [0.1, 0.15) is 6.92 Å². The van der Waals surface area contributed by atoms with Gasteiger partial charge < -0.3 is 0 Å². The standard InChI is InChI=1S/C22H24BrOP/c1-19(17-24)18-25(23,20-11-5-2-6-12-20,21-13-7-3-8-14-21)22-15-9-4-10-16-22/h2-16,19,24H,17-18H2,1H3/t19-/m1/s1. The van der Waals surface area contributed by atoms with Gasteiger partial charge in [0.25, 0.3) is 0 Å². The van der Waals surface area contributed by atoms with Gasteiger partial charge in [0, 0.05) is 0 Å². The predicted molar refractivity (Wildman–Crippen MR) is 115 cm³/mol. The summed E-state index contributed by atoms with van der Waals surface area (Å²) < 4.78 is 0. The Bertz CT molecular complexity index is 706. The minimum absolute atomic E-state index is 0.177. The van der Waals surface area contributed by atoms with Crippen LogP contribution >= 0.6 is 20.8 Å². The Labute approximate surface area is 158 Å². The molecule has 0 bridgehead atoms. The number of benzene rings is 3. The van der Waals surface area contributed by atoms with Crippen molar-refractivity contribution in [2.45, 2.75) is 6.92 Å². The maximum atomic E-state index is 9.85. The number of hydrogen-bond acceptors (Lipinski definition) is 1. The Morgan fingerprint density at radius 2 is 1.04 bits per heavy atom. The summed E-state index contributed by atoms with van der Waals surface area (Å²) in [4.78, 5) is 0. The average molecular weight is 415 g/mol. The summed E-state index contributed by atoms with van der Waals surface area (Å²) in [6.07, 6.45) is 0.875. The van der Waals surface area contributed by atoms with Crippen LogP contribution in [0.4, 0.5) is 0 Å². The van der Waals surface area contributed by atoms with Gasteiger partial charge in [0.2, 0.25) is 0 Å². The molecule has 0 unspecified atom stereocenters. The van der Waals surface area contributed by atoms with Crippen LogP contribution in [0.3, 0.4) is 0 Å². The van der Waals surface area contributed by atoms with Gasteiger partial charge in [-0.25, -0.2) is 0 Å². The van der Waals surface area contributed by atoms with Gasteiger partial charge in [0.15, 0.2) is 0 Å². The molecular weight excluding hydrogens is 391 g/mol. The Kier molecular flexibility index (Phi) is 5.43. The molecule has 0 spiro atoms. The van der Waals surface area contributed by atoms with Crippen molar-refractivity contribution in [1.29, 1.82) is 0 Å². The fourth-order valence-corrected chi connectivity index (χ4v) is 12.4. The zero-order chi connectivity index (χ0) is 17.8. The molecule has 3 aromatic rings. The molecular formula is C22H24BrOP. The third-order valence-corrected chi connectivity index (χ3v) is 14.8. The van der Waals surface area contributed by atoms with E-state index >= 15 is 0 Å². The second-order valence-corrected chi connectivity index (χ2v) is 15.6. The number of aliphatic hydroxyl groups excluding tert-OH is 1. The van der Waals surface area contributed by atoms with Crippen LogP contribution in [-0.2, 0) is 0 Å². The van der Waals surface area contributed by atoms with Gasteiger partial charge >= 0.3 is 158 Å². The molecule has 0 aliphatic rings. The predicted octanol–water partition coefficient (Wildman–Crippen LogP) is 4.45. The number of halogens is 1. The Morgan fingerprint density at radius 3 is 1.32 bits per heavy atom. The van der Waals surface area contributed by atoms with Gasteiger partial charge in [-0.3, -0.25) is 0 Å². The van der Waals surface area contributed by atoms with Crippen LogP contribution in [0, 0.1) is 5.92 Å². The van der Waals surface area contributed by atoms with Crippen molar-refractivity contribution < 1.29 is 5.11 Å². The molecule has 25 heavy (non-hydrogen) atoms. The summed E-state index contributed by atoms with van der Waals surface area (Å²) in [5, 5.41) is 10.9. The van der Waals surface area contributed by atoms with Crippen LogP contribution in [0.2, 0.25) is 0 Å². The summed E-state index contributed by atoms with van der Waals surface area (Å²) in [6, 6.07) is 32.1. The number of hydrogen-bond donors (Lipinski definition) is 1. The summed E-state index contributed by atoms with van der Waals surface area (Å²) in [7, 11) is 0. The fraction of sp³-hybridized carbons (Fsp3) is 0.182. The first-order valence-electron chi connectivity index (χ1n) is 8.60. The first kappa shape index (κ1) is 18.3. The van der Waals surface area contributed by atoms with Crippen molar-refractivity contribution in [3.63, 3.8) is 0 Å². The van der Waals surface area contributed by atoms with E-state index in [1.165, 1.54) is 15.9 Å². The van der Waals surface area contributed by atoms with Gasteiger partial charge in [0.1, 0.15) is 0 Å².